The predicted octanol–water partition coefficient (Wildman–Crippen LogP) is 2.71. The number of hydrogen-bond acceptors (Lipinski definition) is 2. The number of rotatable bonds is 5. The van der Waals surface area contributed by atoms with E-state index in [1.54, 1.807) is 12.1 Å². The van der Waals surface area contributed by atoms with E-state index >= 15 is 0 Å². The average molecular weight is 219 g/mol. The van der Waals surface area contributed by atoms with E-state index in [2.05, 4.69) is 19.2 Å². The zero-order valence-electron chi connectivity index (χ0n) is 10.2. The van der Waals surface area contributed by atoms with Crippen LogP contribution < -0.4 is 5.32 Å². The van der Waals surface area contributed by atoms with Gasteiger partial charge in [-0.3, -0.25) is 0 Å². The lowest BCUT2D eigenvalue weighted by atomic mass is 9.85. The Bertz CT molecular complexity index is 338. The molecule has 1 aliphatic rings. The number of aromatic hydroxyl groups is 1. The van der Waals surface area contributed by atoms with Crippen LogP contribution in [0.3, 0.4) is 0 Å². The number of benzene rings is 1. The van der Waals surface area contributed by atoms with Gasteiger partial charge in [0.05, 0.1) is 0 Å². The summed E-state index contributed by atoms with van der Waals surface area (Å²) in [6, 6.07) is 8.32. The van der Waals surface area contributed by atoms with E-state index in [9.17, 15) is 5.11 Å². The fourth-order valence-corrected chi connectivity index (χ4v) is 1.94. The fraction of sp³-hybridized carbons (Fsp3) is 0.571. The van der Waals surface area contributed by atoms with Crippen molar-refractivity contribution >= 4 is 0 Å². The summed E-state index contributed by atoms with van der Waals surface area (Å²) in [5.74, 6) is 0.345. The van der Waals surface area contributed by atoms with Gasteiger partial charge in [-0.2, -0.15) is 0 Å². The van der Waals surface area contributed by atoms with E-state index in [1.807, 2.05) is 12.1 Å². The summed E-state index contributed by atoms with van der Waals surface area (Å²) in [4.78, 5) is 0. The van der Waals surface area contributed by atoms with Crippen LogP contribution in [-0.4, -0.2) is 17.7 Å². The molecule has 2 nitrogen and oxygen atoms in total. The fourth-order valence-electron chi connectivity index (χ4n) is 1.94. The minimum Gasteiger partial charge on any atom is -0.508 e. The molecule has 0 atom stereocenters. The van der Waals surface area contributed by atoms with Crippen LogP contribution in [0.5, 0.6) is 5.75 Å². The second kappa shape index (κ2) is 4.46. The molecule has 1 aliphatic carbocycles. The lowest BCUT2D eigenvalue weighted by Crippen LogP contribution is -2.32. The number of phenolic OH excluding ortho intramolecular Hbond substituents is 1. The molecule has 0 spiro atoms. The van der Waals surface area contributed by atoms with Gasteiger partial charge in [0.25, 0.3) is 0 Å². The number of hydrogen-bond donors (Lipinski definition) is 2. The second-order valence-corrected chi connectivity index (χ2v) is 5.66. The monoisotopic (exact) mass is 219 g/mol. The van der Waals surface area contributed by atoms with Gasteiger partial charge >= 0.3 is 0 Å². The molecule has 16 heavy (non-hydrogen) atoms. The molecule has 0 aromatic heterocycles. The van der Waals surface area contributed by atoms with Crippen molar-refractivity contribution in [2.45, 2.75) is 39.2 Å². The molecular formula is C14H21NO. The average Bonchev–Trinajstić information content (AvgIpc) is 3.02. The van der Waals surface area contributed by atoms with Gasteiger partial charge in [-0.25, -0.2) is 0 Å². The van der Waals surface area contributed by atoms with Crippen molar-refractivity contribution in [3.8, 4) is 5.75 Å². The van der Waals surface area contributed by atoms with Crippen LogP contribution in [0.1, 0.15) is 32.3 Å². The zero-order valence-corrected chi connectivity index (χ0v) is 10.2. The molecule has 1 saturated carbocycles. The lowest BCUT2D eigenvalue weighted by Gasteiger charge is -2.25. The Morgan fingerprint density at radius 2 is 1.88 bits per heavy atom. The largest absolute Gasteiger partial charge is 0.508 e. The highest BCUT2D eigenvalue weighted by Gasteiger charge is 2.25. The Kier molecular flexibility index (Phi) is 3.20. The minimum atomic E-state index is 0.277. The summed E-state index contributed by atoms with van der Waals surface area (Å²) in [5, 5.41) is 12.8. The summed E-state index contributed by atoms with van der Waals surface area (Å²) >= 11 is 0. The first-order valence-corrected chi connectivity index (χ1v) is 6.06. The van der Waals surface area contributed by atoms with Gasteiger partial charge in [-0.05, 0) is 42.4 Å². The molecule has 0 unspecified atom stereocenters. The van der Waals surface area contributed by atoms with E-state index in [-0.39, 0.29) is 5.41 Å². The molecule has 2 N–H and O–H groups in total. The molecule has 0 bridgehead atoms. The first-order valence-electron chi connectivity index (χ1n) is 6.06. The van der Waals surface area contributed by atoms with Gasteiger partial charge in [-0.1, -0.05) is 26.0 Å². The molecule has 0 amide bonds. The van der Waals surface area contributed by atoms with Gasteiger partial charge in [0.1, 0.15) is 5.75 Å². The van der Waals surface area contributed by atoms with Gasteiger partial charge in [-0.15, -0.1) is 0 Å². The zero-order chi connectivity index (χ0) is 11.6. The molecular weight excluding hydrogens is 198 g/mol. The number of nitrogens with one attached hydrogen (secondary N) is 1. The van der Waals surface area contributed by atoms with Crippen LogP contribution in [0.4, 0.5) is 0 Å². The van der Waals surface area contributed by atoms with Crippen LogP contribution in [0.2, 0.25) is 0 Å². The molecule has 0 radical (unpaired) electrons. The van der Waals surface area contributed by atoms with E-state index in [0.29, 0.717) is 5.75 Å². The smallest absolute Gasteiger partial charge is 0.115 e. The van der Waals surface area contributed by atoms with Gasteiger partial charge in [0.2, 0.25) is 0 Å². The molecule has 2 heteroatoms. The summed E-state index contributed by atoms with van der Waals surface area (Å²) in [6.07, 6.45) is 3.73. The van der Waals surface area contributed by atoms with Gasteiger partial charge in [0, 0.05) is 12.6 Å². The van der Waals surface area contributed by atoms with Gasteiger partial charge in [0.15, 0.2) is 0 Å². The molecule has 88 valence electrons. The highest BCUT2D eigenvalue weighted by Crippen LogP contribution is 2.25. The molecule has 0 aliphatic heterocycles. The van der Waals surface area contributed by atoms with E-state index in [0.717, 1.165) is 19.0 Å². The quantitative estimate of drug-likeness (QED) is 0.798. The molecule has 1 aromatic carbocycles. The molecule has 1 fully saturated rings. The predicted molar refractivity (Wildman–Crippen MR) is 66.6 cm³/mol. The third kappa shape index (κ3) is 3.53. The standard InChI is InChI=1S/C14H21NO/c1-14(2,10-15-12-5-6-12)9-11-3-7-13(16)8-4-11/h3-4,7-8,12,15-16H,5-6,9-10H2,1-2H3. The third-order valence-corrected chi connectivity index (χ3v) is 3.07. The number of phenols is 1. The Hall–Kier alpha value is -1.02. The van der Waals surface area contributed by atoms with Crippen LogP contribution in [0.15, 0.2) is 24.3 Å². The van der Waals surface area contributed by atoms with Crippen molar-refractivity contribution in [3.63, 3.8) is 0 Å². The maximum atomic E-state index is 9.23. The molecule has 0 saturated heterocycles. The van der Waals surface area contributed by atoms with Crippen molar-refractivity contribution in [1.82, 2.24) is 5.32 Å². The van der Waals surface area contributed by atoms with Crippen molar-refractivity contribution in [2.24, 2.45) is 5.41 Å². The maximum absolute atomic E-state index is 9.23. The summed E-state index contributed by atoms with van der Waals surface area (Å²) in [5.41, 5.74) is 1.57. The van der Waals surface area contributed by atoms with E-state index in [1.165, 1.54) is 18.4 Å². The molecule has 0 heterocycles. The van der Waals surface area contributed by atoms with Crippen molar-refractivity contribution in [3.05, 3.63) is 29.8 Å². The molecule has 2 rings (SSSR count). The highest BCUT2D eigenvalue weighted by atomic mass is 16.3. The Morgan fingerprint density at radius 3 is 2.44 bits per heavy atom. The maximum Gasteiger partial charge on any atom is 0.115 e. The Balaban J connectivity index is 1.87. The summed E-state index contributed by atoms with van der Waals surface area (Å²) in [7, 11) is 0. The van der Waals surface area contributed by atoms with Crippen LogP contribution in [0, 0.1) is 5.41 Å². The van der Waals surface area contributed by atoms with Crippen LogP contribution in [-0.2, 0) is 6.42 Å². The van der Waals surface area contributed by atoms with Crippen molar-refractivity contribution < 1.29 is 5.11 Å². The first kappa shape index (κ1) is 11.5. The topological polar surface area (TPSA) is 32.3 Å². The van der Waals surface area contributed by atoms with Crippen LogP contribution in [0.25, 0.3) is 0 Å². The Labute approximate surface area is 97.7 Å². The van der Waals surface area contributed by atoms with Gasteiger partial charge < -0.3 is 10.4 Å². The third-order valence-electron chi connectivity index (χ3n) is 3.07. The Morgan fingerprint density at radius 1 is 1.25 bits per heavy atom. The van der Waals surface area contributed by atoms with E-state index < -0.39 is 0 Å². The second-order valence-electron chi connectivity index (χ2n) is 5.66. The normalized spacial score (nSPS) is 16.4. The molecule has 1 aromatic rings. The lowest BCUT2D eigenvalue weighted by molar-refractivity contribution is 0.337. The summed E-state index contributed by atoms with van der Waals surface area (Å²) < 4.78 is 0. The van der Waals surface area contributed by atoms with E-state index in [4.69, 9.17) is 0 Å². The van der Waals surface area contributed by atoms with Crippen molar-refractivity contribution in [1.29, 1.82) is 0 Å². The highest BCUT2D eigenvalue weighted by molar-refractivity contribution is 5.26. The first-order chi connectivity index (χ1) is 7.55. The minimum absolute atomic E-state index is 0.277. The SMILES string of the molecule is CC(C)(CNC1CC1)Cc1ccc(O)cc1. The summed E-state index contributed by atoms with van der Waals surface area (Å²) in [6.45, 7) is 5.64. The van der Waals surface area contributed by atoms with Crippen LogP contribution >= 0.6 is 0 Å². The van der Waals surface area contributed by atoms with Crippen molar-refractivity contribution in [2.75, 3.05) is 6.54 Å².